The third-order valence-electron chi connectivity index (χ3n) is 3.38. The predicted molar refractivity (Wildman–Crippen MR) is 93.9 cm³/mol. The van der Waals surface area contributed by atoms with Gasteiger partial charge in [0.2, 0.25) is 0 Å². The Morgan fingerprint density at radius 2 is 1.79 bits per heavy atom. The standard InChI is InChI=1S/C18H14ClN3O2/c19-14-5-7-15(8-6-14)22-11-1-2-16(22)12-20-21-18(24)13-3-9-17(23)10-4-13/h1-12,23H,(H,21,24)/b20-12-. The van der Waals surface area contributed by atoms with Gasteiger partial charge in [-0.15, -0.1) is 0 Å². The molecule has 3 rings (SSSR count). The highest BCUT2D eigenvalue weighted by molar-refractivity contribution is 6.30. The van der Waals surface area contributed by atoms with Crippen molar-refractivity contribution in [2.75, 3.05) is 0 Å². The summed E-state index contributed by atoms with van der Waals surface area (Å²) in [4.78, 5) is 11.9. The molecule has 0 spiro atoms. The number of hydrogen-bond donors (Lipinski definition) is 2. The Morgan fingerprint density at radius 1 is 1.08 bits per heavy atom. The summed E-state index contributed by atoms with van der Waals surface area (Å²) in [7, 11) is 0. The third kappa shape index (κ3) is 3.64. The minimum Gasteiger partial charge on any atom is -0.508 e. The number of aromatic hydroxyl groups is 1. The number of hydrazone groups is 1. The molecule has 0 aliphatic heterocycles. The number of rotatable bonds is 4. The summed E-state index contributed by atoms with van der Waals surface area (Å²) in [5.74, 6) is -0.244. The zero-order chi connectivity index (χ0) is 16.9. The van der Waals surface area contributed by atoms with Crippen LogP contribution in [0.1, 0.15) is 16.1 Å². The molecular weight excluding hydrogens is 326 g/mol. The van der Waals surface area contributed by atoms with Crippen LogP contribution in [0.4, 0.5) is 0 Å². The second-order valence-electron chi connectivity index (χ2n) is 5.03. The highest BCUT2D eigenvalue weighted by Gasteiger charge is 2.04. The monoisotopic (exact) mass is 339 g/mol. The second-order valence-corrected chi connectivity index (χ2v) is 5.46. The number of aromatic nitrogens is 1. The predicted octanol–water partition coefficient (Wildman–Crippen LogP) is 3.60. The van der Waals surface area contributed by atoms with Gasteiger partial charge in [0.1, 0.15) is 5.75 Å². The summed E-state index contributed by atoms with van der Waals surface area (Å²) >= 11 is 5.90. The lowest BCUT2D eigenvalue weighted by Gasteiger charge is -2.06. The number of phenols is 1. The van der Waals surface area contributed by atoms with E-state index in [0.29, 0.717) is 10.6 Å². The first-order valence-corrected chi connectivity index (χ1v) is 7.57. The van der Waals surface area contributed by atoms with Gasteiger partial charge < -0.3 is 9.67 Å². The Balaban J connectivity index is 1.71. The van der Waals surface area contributed by atoms with Crippen LogP contribution in [0.2, 0.25) is 5.02 Å². The summed E-state index contributed by atoms with van der Waals surface area (Å²) in [6.45, 7) is 0. The lowest BCUT2D eigenvalue weighted by molar-refractivity contribution is 0.0955. The molecule has 120 valence electrons. The van der Waals surface area contributed by atoms with Gasteiger partial charge in [0.25, 0.3) is 5.91 Å². The van der Waals surface area contributed by atoms with Crippen LogP contribution >= 0.6 is 11.6 Å². The number of halogens is 1. The highest BCUT2D eigenvalue weighted by atomic mass is 35.5. The summed E-state index contributed by atoms with van der Waals surface area (Å²) in [6.07, 6.45) is 3.46. The van der Waals surface area contributed by atoms with Gasteiger partial charge >= 0.3 is 0 Å². The molecule has 0 aliphatic rings. The van der Waals surface area contributed by atoms with Gasteiger partial charge in [-0.1, -0.05) is 11.6 Å². The maximum atomic E-state index is 11.9. The first-order chi connectivity index (χ1) is 11.6. The first-order valence-electron chi connectivity index (χ1n) is 7.19. The summed E-state index contributed by atoms with van der Waals surface area (Å²) in [5, 5.41) is 13.9. The molecule has 1 heterocycles. The molecule has 0 radical (unpaired) electrons. The topological polar surface area (TPSA) is 66.6 Å². The van der Waals surface area contributed by atoms with Gasteiger partial charge in [0.05, 0.1) is 11.9 Å². The normalized spacial score (nSPS) is 10.9. The smallest absolute Gasteiger partial charge is 0.271 e. The van der Waals surface area contributed by atoms with Crippen molar-refractivity contribution in [2.45, 2.75) is 0 Å². The molecule has 1 amide bonds. The fraction of sp³-hybridized carbons (Fsp3) is 0. The molecule has 2 aromatic carbocycles. The fourth-order valence-corrected chi connectivity index (χ4v) is 2.30. The fourth-order valence-electron chi connectivity index (χ4n) is 2.17. The molecule has 0 atom stereocenters. The van der Waals surface area contributed by atoms with E-state index < -0.39 is 0 Å². The highest BCUT2D eigenvalue weighted by Crippen LogP contribution is 2.15. The Hall–Kier alpha value is -3.05. The van der Waals surface area contributed by atoms with Crippen molar-refractivity contribution in [3.05, 3.63) is 83.1 Å². The minimum atomic E-state index is -0.351. The van der Waals surface area contributed by atoms with Gasteiger partial charge in [0, 0.05) is 22.5 Å². The number of carbonyl (C=O) groups excluding carboxylic acids is 1. The maximum absolute atomic E-state index is 11.9. The summed E-state index contributed by atoms with van der Waals surface area (Å²) in [5.41, 5.74) is 4.62. The molecule has 3 aromatic rings. The summed E-state index contributed by atoms with van der Waals surface area (Å²) in [6, 6.07) is 17.1. The van der Waals surface area contributed by atoms with Crippen LogP contribution in [0.15, 0.2) is 72.0 Å². The van der Waals surface area contributed by atoms with Gasteiger partial charge in [0.15, 0.2) is 0 Å². The number of hydrogen-bond acceptors (Lipinski definition) is 3. The van der Waals surface area contributed by atoms with Gasteiger partial charge in [-0.25, -0.2) is 5.43 Å². The lowest BCUT2D eigenvalue weighted by Crippen LogP contribution is -2.17. The third-order valence-corrected chi connectivity index (χ3v) is 3.63. The van der Waals surface area contributed by atoms with Crippen molar-refractivity contribution < 1.29 is 9.90 Å². The van der Waals surface area contributed by atoms with Gasteiger partial charge in [-0.3, -0.25) is 4.79 Å². The van der Waals surface area contributed by atoms with Crippen molar-refractivity contribution in [3.63, 3.8) is 0 Å². The van der Waals surface area contributed by atoms with Crippen LogP contribution in [-0.2, 0) is 0 Å². The molecule has 0 saturated carbocycles. The number of benzene rings is 2. The lowest BCUT2D eigenvalue weighted by atomic mass is 10.2. The molecular formula is C18H14ClN3O2. The van der Waals surface area contributed by atoms with Gasteiger partial charge in [-0.05, 0) is 60.7 Å². The van der Waals surface area contributed by atoms with Crippen molar-refractivity contribution >= 4 is 23.7 Å². The quantitative estimate of drug-likeness (QED) is 0.563. The van der Waals surface area contributed by atoms with Crippen LogP contribution in [0, 0.1) is 0 Å². The maximum Gasteiger partial charge on any atom is 0.271 e. The van der Waals surface area contributed by atoms with Crippen LogP contribution < -0.4 is 5.43 Å². The Labute approximate surface area is 143 Å². The number of phenolic OH excluding ortho intramolecular Hbond substituents is 1. The Kier molecular flexibility index (Phi) is 4.63. The van der Waals surface area contributed by atoms with Crippen molar-refractivity contribution in [1.82, 2.24) is 9.99 Å². The van der Waals surface area contributed by atoms with Crippen LogP contribution in [-0.4, -0.2) is 21.8 Å². The van der Waals surface area contributed by atoms with Crippen LogP contribution in [0.25, 0.3) is 5.69 Å². The van der Waals surface area contributed by atoms with Crippen LogP contribution in [0.5, 0.6) is 5.75 Å². The zero-order valence-electron chi connectivity index (χ0n) is 12.6. The van der Waals surface area contributed by atoms with Crippen molar-refractivity contribution in [1.29, 1.82) is 0 Å². The Bertz CT molecular complexity index is 868. The van der Waals surface area contributed by atoms with E-state index in [-0.39, 0.29) is 11.7 Å². The molecule has 0 unspecified atom stereocenters. The van der Waals surface area contributed by atoms with E-state index >= 15 is 0 Å². The van der Waals surface area contributed by atoms with E-state index in [1.54, 1.807) is 6.21 Å². The number of carbonyl (C=O) groups is 1. The van der Waals surface area contributed by atoms with E-state index in [0.717, 1.165) is 11.4 Å². The molecule has 5 nitrogen and oxygen atoms in total. The zero-order valence-corrected chi connectivity index (χ0v) is 13.3. The van der Waals surface area contributed by atoms with Crippen molar-refractivity contribution in [3.8, 4) is 11.4 Å². The molecule has 1 aromatic heterocycles. The minimum absolute atomic E-state index is 0.107. The van der Waals surface area contributed by atoms with E-state index in [1.807, 2.05) is 47.2 Å². The molecule has 0 aliphatic carbocycles. The van der Waals surface area contributed by atoms with E-state index in [2.05, 4.69) is 10.5 Å². The average Bonchev–Trinajstić information content (AvgIpc) is 3.04. The molecule has 0 fully saturated rings. The summed E-state index contributed by atoms with van der Waals surface area (Å²) < 4.78 is 1.92. The van der Waals surface area contributed by atoms with Crippen LogP contribution in [0.3, 0.4) is 0 Å². The number of nitrogens with one attached hydrogen (secondary N) is 1. The molecule has 24 heavy (non-hydrogen) atoms. The average molecular weight is 340 g/mol. The Morgan fingerprint density at radius 3 is 2.50 bits per heavy atom. The first kappa shape index (κ1) is 15.8. The van der Waals surface area contributed by atoms with Gasteiger partial charge in [-0.2, -0.15) is 5.10 Å². The molecule has 0 bridgehead atoms. The number of amides is 1. The number of nitrogens with zero attached hydrogens (tertiary/aromatic N) is 2. The van der Waals surface area contributed by atoms with E-state index in [9.17, 15) is 9.90 Å². The van der Waals surface area contributed by atoms with E-state index in [1.165, 1.54) is 24.3 Å². The molecule has 0 saturated heterocycles. The van der Waals surface area contributed by atoms with E-state index in [4.69, 9.17) is 11.6 Å². The SMILES string of the molecule is O=C(N/N=C\c1cccn1-c1ccc(Cl)cc1)c1ccc(O)cc1. The molecule has 6 heteroatoms. The largest absolute Gasteiger partial charge is 0.508 e. The molecule has 2 N–H and O–H groups in total. The van der Waals surface area contributed by atoms with Crippen molar-refractivity contribution in [2.24, 2.45) is 5.10 Å². The second kappa shape index (κ2) is 7.02.